The van der Waals surface area contributed by atoms with E-state index in [1.54, 1.807) is 19.2 Å². The Kier molecular flexibility index (Phi) is 2.64. The van der Waals surface area contributed by atoms with E-state index in [1.165, 1.54) is 4.90 Å². The number of aliphatic hydroxyl groups is 1. The Bertz CT molecular complexity index is 472. The minimum absolute atomic E-state index is 0.222. The third-order valence-corrected chi connectivity index (χ3v) is 3.51. The predicted molar refractivity (Wildman–Crippen MR) is 66.3 cm³/mol. The topological polar surface area (TPSA) is 40.5 Å². The summed E-state index contributed by atoms with van der Waals surface area (Å²) in [4.78, 5) is 13.5. The molecule has 0 fully saturated rings. The van der Waals surface area contributed by atoms with Crippen LogP contribution in [0.5, 0.6) is 0 Å². The standard InChI is InChI=1S/C12H12BrNO2/c1-3-7-12(16)8-5-4-6-9(13)10(8)14(2)11(12)15/h3-6,16H,1,7H2,2H3/t12-/m0/s1. The van der Waals surface area contributed by atoms with Gasteiger partial charge in [0, 0.05) is 23.5 Å². The number of benzene rings is 1. The number of likely N-dealkylation sites (N-methyl/N-ethyl adjacent to an activating group) is 1. The fourth-order valence-electron chi connectivity index (χ4n) is 2.09. The maximum atomic E-state index is 12.0. The van der Waals surface area contributed by atoms with Gasteiger partial charge in [0.15, 0.2) is 5.60 Å². The molecule has 1 heterocycles. The molecule has 1 amide bonds. The lowest BCUT2D eigenvalue weighted by Gasteiger charge is -2.19. The number of carbonyl (C=O) groups excluding carboxylic acids is 1. The zero-order valence-corrected chi connectivity index (χ0v) is 10.5. The molecule has 1 aromatic rings. The average Bonchev–Trinajstić information content (AvgIpc) is 2.43. The quantitative estimate of drug-likeness (QED) is 0.845. The van der Waals surface area contributed by atoms with Crippen molar-refractivity contribution in [2.45, 2.75) is 12.0 Å². The first kappa shape index (κ1) is 11.4. The summed E-state index contributed by atoms with van der Waals surface area (Å²) in [5.41, 5.74) is -0.0959. The van der Waals surface area contributed by atoms with E-state index >= 15 is 0 Å². The molecule has 84 valence electrons. The van der Waals surface area contributed by atoms with Crippen molar-refractivity contribution in [1.29, 1.82) is 0 Å². The van der Waals surface area contributed by atoms with Crippen molar-refractivity contribution >= 4 is 27.5 Å². The fraction of sp³-hybridized carbons (Fsp3) is 0.250. The zero-order valence-electron chi connectivity index (χ0n) is 8.90. The van der Waals surface area contributed by atoms with Gasteiger partial charge in [0.1, 0.15) is 0 Å². The number of anilines is 1. The van der Waals surface area contributed by atoms with Gasteiger partial charge in [-0.2, -0.15) is 0 Å². The Morgan fingerprint density at radius 3 is 2.94 bits per heavy atom. The molecule has 0 aromatic heterocycles. The van der Waals surface area contributed by atoms with E-state index in [0.29, 0.717) is 5.56 Å². The van der Waals surface area contributed by atoms with E-state index in [0.717, 1.165) is 10.2 Å². The number of rotatable bonds is 2. The fourth-order valence-corrected chi connectivity index (χ4v) is 2.72. The summed E-state index contributed by atoms with van der Waals surface area (Å²) in [5, 5.41) is 10.4. The lowest BCUT2D eigenvalue weighted by atomic mass is 9.92. The van der Waals surface area contributed by atoms with Gasteiger partial charge in [0.25, 0.3) is 5.91 Å². The third kappa shape index (κ3) is 1.33. The first-order chi connectivity index (χ1) is 7.52. The lowest BCUT2D eigenvalue weighted by molar-refractivity contribution is -0.135. The van der Waals surface area contributed by atoms with Crippen LogP contribution >= 0.6 is 15.9 Å². The monoisotopic (exact) mass is 281 g/mol. The average molecular weight is 282 g/mol. The molecule has 0 spiro atoms. The van der Waals surface area contributed by atoms with Crippen LogP contribution in [0.1, 0.15) is 12.0 Å². The zero-order chi connectivity index (χ0) is 11.9. The number of para-hydroxylation sites is 1. The molecule has 16 heavy (non-hydrogen) atoms. The second-order valence-corrected chi connectivity index (χ2v) is 4.71. The summed E-state index contributed by atoms with van der Waals surface area (Å²) >= 11 is 3.39. The van der Waals surface area contributed by atoms with Crippen molar-refractivity contribution in [3.8, 4) is 0 Å². The van der Waals surface area contributed by atoms with Crippen LogP contribution in [0.15, 0.2) is 35.3 Å². The highest BCUT2D eigenvalue weighted by Gasteiger charge is 2.48. The van der Waals surface area contributed by atoms with Crippen molar-refractivity contribution in [3.63, 3.8) is 0 Å². The molecule has 2 rings (SSSR count). The summed E-state index contributed by atoms with van der Waals surface area (Å²) in [6.07, 6.45) is 1.78. The molecule has 1 aromatic carbocycles. The number of hydrogen-bond acceptors (Lipinski definition) is 2. The van der Waals surface area contributed by atoms with Crippen LogP contribution in [0.4, 0.5) is 5.69 Å². The largest absolute Gasteiger partial charge is 0.375 e. The normalized spacial score (nSPS) is 23.4. The predicted octanol–water partition coefficient (Wildman–Crippen LogP) is 2.19. The van der Waals surface area contributed by atoms with Crippen LogP contribution in [0.2, 0.25) is 0 Å². The Morgan fingerprint density at radius 1 is 1.62 bits per heavy atom. The summed E-state index contributed by atoms with van der Waals surface area (Å²) in [7, 11) is 1.66. The van der Waals surface area contributed by atoms with Gasteiger partial charge in [-0.15, -0.1) is 6.58 Å². The number of fused-ring (bicyclic) bond motifs is 1. The second kappa shape index (κ2) is 3.71. The maximum Gasteiger partial charge on any atom is 0.263 e. The van der Waals surface area contributed by atoms with E-state index in [4.69, 9.17) is 0 Å². The molecule has 0 bridgehead atoms. The Labute approximate surface area is 103 Å². The highest BCUT2D eigenvalue weighted by molar-refractivity contribution is 9.10. The summed E-state index contributed by atoms with van der Waals surface area (Å²) in [6.45, 7) is 3.58. The van der Waals surface area contributed by atoms with Gasteiger partial charge in [-0.25, -0.2) is 0 Å². The molecule has 1 N–H and O–H groups in total. The van der Waals surface area contributed by atoms with E-state index in [-0.39, 0.29) is 12.3 Å². The van der Waals surface area contributed by atoms with Gasteiger partial charge < -0.3 is 10.0 Å². The van der Waals surface area contributed by atoms with Crippen molar-refractivity contribution in [3.05, 3.63) is 40.9 Å². The first-order valence-electron chi connectivity index (χ1n) is 4.93. The molecular formula is C12H12BrNO2. The minimum atomic E-state index is -1.46. The summed E-state index contributed by atoms with van der Waals surface area (Å²) in [6, 6.07) is 5.43. The molecule has 0 radical (unpaired) electrons. The molecule has 0 unspecified atom stereocenters. The van der Waals surface area contributed by atoms with Crippen LogP contribution in [0.25, 0.3) is 0 Å². The highest BCUT2D eigenvalue weighted by atomic mass is 79.9. The van der Waals surface area contributed by atoms with Crippen LogP contribution in [-0.2, 0) is 10.4 Å². The van der Waals surface area contributed by atoms with Crippen molar-refractivity contribution in [2.75, 3.05) is 11.9 Å². The van der Waals surface area contributed by atoms with Crippen LogP contribution in [0.3, 0.4) is 0 Å². The van der Waals surface area contributed by atoms with Gasteiger partial charge in [-0.05, 0) is 22.0 Å². The van der Waals surface area contributed by atoms with E-state index in [9.17, 15) is 9.90 Å². The van der Waals surface area contributed by atoms with Gasteiger partial charge in [0.2, 0.25) is 0 Å². The van der Waals surface area contributed by atoms with Crippen LogP contribution in [0, 0.1) is 0 Å². The Hall–Kier alpha value is -1.13. The molecule has 4 heteroatoms. The second-order valence-electron chi connectivity index (χ2n) is 3.85. The Morgan fingerprint density at radius 2 is 2.31 bits per heavy atom. The number of hydrogen-bond donors (Lipinski definition) is 1. The SMILES string of the molecule is C=CC[C@@]1(O)C(=O)N(C)c2c(Br)cccc21. The Balaban J connectivity index is 2.67. The van der Waals surface area contributed by atoms with Crippen LogP contribution < -0.4 is 4.90 Å². The van der Waals surface area contributed by atoms with Crippen molar-refractivity contribution in [2.24, 2.45) is 0 Å². The lowest BCUT2D eigenvalue weighted by Crippen LogP contribution is -2.38. The van der Waals surface area contributed by atoms with Gasteiger partial charge in [-0.3, -0.25) is 4.79 Å². The molecular weight excluding hydrogens is 270 g/mol. The van der Waals surface area contributed by atoms with Gasteiger partial charge in [-0.1, -0.05) is 18.2 Å². The van der Waals surface area contributed by atoms with Gasteiger partial charge in [0.05, 0.1) is 5.69 Å². The molecule has 1 atom stereocenters. The van der Waals surface area contributed by atoms with Crippen LogP contribution in [-0.4, -0.2) is 18.1 Å². The summed E-state index contributed by atoms with van der Waals surface area (Å²) < 4.78 is 0.806. The number of halogens is 1. The van der Waals surface area contributed by atoms with E-state index in [1.807, 2.05) is 12.1 Å². The smallest absolute Gasteiger partial charge is 0.263 e. The first-order valence-corrected chi connectivity index (χ1v) is 5.72. The number of amides is 1. The third-order valence-electron chi connectivity index (χ3n) is 2.87. The highest BCUT2D eigenvalue weighted by Crippen LogP contribution is 2.45. The molecule has 1 aliphatic rings. The molecule has 3 nitrogen and oxygen atoms in total. The van der Waals surface area contributed by atoms with Crippen molar-refractivity contribution in [1.82, 2.24) is 0 Å². The summed E-state index contributed by atoms with van der Waals surface area (Å²) in [5.74, 6) is -0.311. The molecule has 0 saturated carbocycles. The van der Waals surface area contributed by atoms with E-state index < -0.39 is 5.60 Å². The molecule has 0 saturated heterocycles. The minimum Gasteiger partial charge on any atom is -0.375 e. The van der Waals surface area contributed by atoms with Crippen molar-refractivity contribution < 1.29 is 9.90 Å². The molecule has 1 aliphatic heterocycles. The number of nitrogens with zero attached hydrogens (tertiary/aromatic N) is 1. The van der Waals surface area contributed by atoms with E-state index in [2.05, 4.69) is 22.5 Å². The van der Waals surface area contributed by atoms with Gasteiger partial charge >= 0.3 is 0 Å². The maximum absolute atomic E-state index is 12.0. The number of carbonyl (C=O) groups is 1. The molecule has 0 aliphatic carbocycles.